The first-order valence-corrected chi connectivity index (χ1v) is 10.8. The molecule has 10 nitrogen and oxygen atoms in total. The Kier molecular flexibility index (Phi) is 3.84. The molecular formula is C23H21N3O7. The second-order valence-corrected chi connectivity index (χ2v) is 9.19. The van der Waals surface area contributed by atoms with Crippen molar-refractivity contribution in [1.82, 2.24) is 4.90 Å². The molecule has 2 heterocycles. The lowest BCUT2D eigenvalue weighted by atomic mass is 9.50. The number of rotatable bonds is 4. The van der Waals surface area contributed by atoms with E-state index in [1.807, 2.05) is 19.2 Å². The summed E-state index contributed by atoms with van der Waals surface area (Å²) in [6.07, 6.45) is 3.35. The highest BCUT2D eigenvalue weighted by molar-refractivity contribution is 5.64. The Morgan fingerprint density at radius 1 is 1.15 bits per heavy atom. The molecule has 6 rings (SSSR count). The fourth-order valence-corrected chi connectivity index (χ4v) is 6.52. The van der Waals surface area contributed by atoms with Gasteiger partial charge in [-0.05, 0) is 50.2 Å². The van der Waals surface area contributed by atoms with E-state index in [1.54, 1.807) is 36.4 Å². The SMILES string of the molecule is CN1CC[C@]23c4c5ccc(Oc6ccccc6)c4O[C@@]2([N+](=O)[O-])[C@](O)([N+](=O)[O-])C=C[C@H]3[C@H]1C5. The molecule has 2 bridgehead atoms. The number of ether oxygens (including phenoxy) is 2. The van der Waals surface area contributed by atoms with Crippen LogP contribution in [0.4, 0.5) is 0 Å². The van der Waals surface area contributed by atoms with Gasteiger partial charge < -0.3 is 19.5 Å². The van der Waals surface area contributed by atoms with E-state index >= 15 is 0 Å². The molecule has 1 saturated heterocycles. The predicted octanol–water partition coefficient (Wildman–Crippen LogP) is 2.49. The van der Waals surface area contributed by atoms with Crippen LogP contribution in [-0.4, -0.2) is 50.9 Å². The van der Waals surface area contributed by atoms with Gasteiger partial charge in [0, 0.05) is 23.6 Å². The van der Waals surface area contributed by atoms with Gasteiger partial charge >= 0.3 is 11.4 Å². The van der Waals surface area contributed by atoms with E-state index in [-0.39, 0.29) is 24.0 Å². The second-order valence-electron chi connectivity index (χ2n) is 9.19. The van der Waals surface area contributed by atoms with Crippen molar-refractivity contribution >= 4 is 0 Å². The Morgan fingerprint density at radius 2 is 1.91 bits per heavy atom. The third kappa shape index (κ3) is 2.15. The van der Waals surface area contributed by atoms with Gasteiger partial charge in [0.25, 0.3) is 0 Å². The first kappa shape index (κ1) is 20.1. The Morgan fingerprint density at radius 3 is 2.61 bits per heavy atom. The Balaban J connectivity index is 1.67. The number of para-hydroxylation sites is 1. The van der Waals surface area contributed by atoms with Crippen LogP contribution >= 0.6 is 0 Å². The first-order valence-electron chi connectivity index (χ1n) is 10.8. The molecule has 0 radical (unpaired) electrons. The molecule has 1 fully saturated rings. The molecule has 0 amide bonds. The topological polar surface area (TPSA) is 128 Å². The zero-order valence-corrected chi connectivity index (χ0v) is 17.7. The van der Waals surface area contributed by atoms with Gasteiger partial charge in [-0.3, -0.25) is 20.2 Å². The number of hydrogen-bond acceptors (Lipinski definition) is 8. The summed E-state index contributed by atoms with van der Waals surface area (Å²) < 4.78 is 12.1. The average Bonchev–Trinajstić information content (AvgIpc) is 3.12. The lowest BCUT2D eigenvalue weighted by Gasteiger charge is -2.56. The molecule has 2 aliphatic heterocycles. The van der Waals surface area contributed by atoms with Crippen molar-refractivity contribution in [2.45, 2.75) is 35.7 Å². The van der Waals surface area contributed by atoms with Gasteiger partial charge in [0.15, 0.2) is 11.5 Å². The highest BCUT2D eigenvalue weighted by Gasteiger charge is 2.90. The van der Waals surface area contributed by atoms with Crippen LogP contribution in [0, 0.1) is 26.1 Å². The summed E-state index contributed by atoms with van der Waals surface area (Å²) in [7, 11) is 1.95. The maximum atomic E-state index is 12.8. The maximum Gasteiger partial charge on any atom is 0.474 e. The highest BCUT2D eigenvalue weighted by atomic mass is 16.7. The predicted molar refractivity (Wildman–Crippen MR) is 114 cm³/mol. The summed E-state index contributed by atoms with van der Waals surface area (Å²) in [5.74, 6) is 0.385. The number of hydrogen-bond donors (Lipinski definition) is 1. The molecule has 4 aliphatic rings. The number of likely N-dealkylation sites (N-methyl/N-ethyl adjacent to an activating group) is 1. The van der Waals surface area contributed by atoms with E-state index in [9.17, 15) is 25.3 Å². The number of nitro groups is 2. The van der Waals surface area contributed by atoms with Gasteiger partial charge in [-0.1, -0.05) is 30.3 Å². The lowest BCUT2D eigenvalue weighted by molar-refractivity contribution is -0.752. The number of benzene rings is 2. The molecular weight excluding hydrogens is 430 g/mol. The van der Waals surface area contributed by atoms with Crippen LogP contribution in [0.25, 0.3) is 0 Å². The Labute approximate surface area is 188 Å². The van der Waals surface area contributed by atoms with Gasteiger partial charge in [0.1, 0.15) is 11.2 Å². The normalized spacial score (nSPS) is 35.5. The molecule has 1 spiro atoms. The number of piperidine rings is 1. The van der Waals surface area contributed by atoms with Crippen LogP contribution in [0.3, 0.4) is 0 Å². The Bertz CT molecular complexity index is 1230. The maximum absolute atomic E-state index is 12.8. The van der Waals surface area contributed by atoms with Gasteiger partial charge in [-0.25, -0.2) is 0 Å². The van der Waals surface area contributed by atoms with E-state index in [2.05, 4.69) is 4.90 Å². The molecule has 0 aromatic heterocycles. The second kappa shape index (κ2) is 6.30. The molecule has 0 unspecified atom stereocenters. The van der Waals surface area contributed by atoms with Crippen molar-refractivity contribution in [3.05, 3.63) is 86.0 Å². The van der Waals surface area contributed by atoms with Crippen LogP contribution in [0.2, 0.25) is 0 Å². The summed E-state index contributed by atoms with van der Waals surface area (Å²) in [6.45, 7) is 0.477. The van der Waals surface area contributed by atoms with E-state index in [1.165, 1.54) is 0 Å². The summed E-state index contributed by atoms with van der Waals surface area (Å²) in [6, 6.07) is 12.3. The minimum atomic E-state index is -3.05. The van der Waals surface area contributed by atoms with Gasteiger partial charge in [0.2, 0.25) is 0 Å². The smallest absolute Gasteiger partial charge is 0.453 e. The minimum absolute atomic E-state index is 0.102. The van der Waals surface area contributed by atoms with Gasteiger partial charge in [-0.15, -0.1) is 0 Å². The molecule has 2 aliphatic carbocycles. The van der Waals surface area contributed by atoms with Crippen molar-refractivity contribution < 1.29 is 24.4 Å². The zero-order valence-electron chi connectivity index (χ0n) is 17.7. The molecule has 170 valence electrons. The molecule has 0 saturated carbocycles. The van der Waals surface area contributed by atoms with Crippen LogP contribution in [0.1, 0.15) is 17.5 Å². The van der Waals surface area contributed by atoms with E-state index in [4.69, 9.17) is 9.47 Å². The molecule has 1 N–H and O–H groups in total. The summed E-state index contributed by atoms with van der Waals surface area (Å²) in [5, 5.41) is 36.3. The molecule has 2 aromatic rings. The van der Waals surface area contributed by atoms with Crippen molar-refractivity contribution in [2.24, 2.45) is 5.92 Å². The summed E-state index contributed by atoms with van der Waals surface area (Å²) in [5.41, 5.74) is -5.82. The molecule has 33 heavy (non-hydrogen) atoms. The summed E-state index contributed by atoms with van der Waals surface area (Å²) >= 11 is 0. The summed E-state index contributed by atoms with van der Waals surface area (Å²) in [4.78, 5) is 25.3. The van der Waals surface area contributed by atoms with Crippen molar-refractivity contribution in [3.63, 3.8) is 0 Å². The molecule has 10 heteroatoms. The van der Waals surface area contributed by atoms with E-state index in [0.29, 0.717) is 24.3 Å². The van der Waals surface area contributed by atoms with Crippen LogP contribution < -0.4 is 9.47 Å². The van der Waals surface area contributed by atoms with Gasteiger partial charge in [-0.2, -0.15) is 0 Å². The van der Waals surface area contributed by atoms with Crippen molar-refractivity contribution in [1.29, 1.82) is 0 Å². The average molecular weight is 451 g/mol. The number of aliphatic hydroxyl groups is 1. The minimum Gasteiger partial charge on any atom is -0.453 e. The third-order valence-corrected chi connectivity index (χ3v) is 7.89. The monoisotopic (exact) mass is 451 g/mol. The van der Waals surface area contributed by atoms with E-state index in [0.717, 1.165) is 11.6 Å². The first-order chi connectivity index (χ1) is 15.8. The lowest BCUT2D eigenvalue weighted by Crippen LogP contribution is -2.79. The van der Waals surface area contributed by atoms with Crippen LogP contribution in [-0.2, 0) is 11.8 Å². The standard InChI is InChI=1S/C23H21N3O7/c1-24-12-11-21-16-9-10-22(27,25(28)29)23(21,26(30)31)33-20-18(32-15-5-3-2-4-6-15)8-7-14(19(20)21)13-17(16)24/h2-10,16-17,27H,11-13H2,1H3/t16-,17+,21-,22-,23+/m0/s1. The largest absolute Gasteiger partial charge is 0.474 e. The van der Waals surface area contributed by atoms with Crippen molar-refractivity contribution in [3.8, 4) is 17.2 Å². The quantitative estimate of drug-likeness (QED) is 0.325. The van der Waals surface area contributed by atoms with Gasteiger partial charge in [0.05, 0.1) is 9.85 Å². The number of likely N-dealkylation sites (tertiary alicyclic amines) is 1. The highest BCUT2D eigenvalue weighted by Crippen LogP contribution is 2.68. The third-order valence-electron chi connectivity index (χ3n) is 7.89. The number of nitrogens with zero attached hydrogens (tertiary/aromatic N) is 3. The van der Waals surface area contributed by atoms with Crippen LogP contribution in [0.5, 0.6) is 17.2 Å². The van der Waals surface area contributed by atoms with Crippen molar-refractivity contribution in [2.75, 3.05) is 13.6 Å². The molecule has 2 aromatic carbocycles. The fraction of sp³-hybridized carbons (Fsp3) is 0.391. The zero-order chi connectivity index (χ0) is 23.2. The molecule has 5 atom stereocenters. The Hall–Kier alpha value is -3.50. The van der Waals surface area contributed by atoms with E-state index < -0.39 is 32.6 Å². The fourth-order valence-electron chi connectivity index (χ4n) is 6.52. The van der Waals surface area contributed by atoms with Crippen LogP contribution in [0.15, 0.2) is 54.6 Å².